The summed E-state index contributed by atoms with van der Waals surface area (Å²) in [5.74, 6) is 1.12. The van der Waals surface area contributed by atoms with Crippen molar-refractivity contribution in [3.05, 3.63) is 0 Å². The minimum atomic E-state index is 0.155. The summed E-state index contributed by atoms with van der Waals surface area (Å²) >= 11 is 1.87. The van der Waals surface area contributed by atoms with Gasteiger partial charge in [-0.1, -0.05) is 18.7 Å². The molecule has 0 atom stereocenters. The number of hydrogen-bond donors (Lipinski definition) is 1. The predicted octanol–water partition coefficient (Wildman–Crippen LogP) is 2.42. The Bertz CT molecular complexity index is 283. The van der Waals surface area contributed by atoms with E-state index in [9.17, 15) is 0 Å². The van der Waals surface area contributed by atoms with Crippen LogP contribution in [-0.4, -0.2) is 35.2 Å². The Morgan fingerprint density at radius 2 is 2.12 bits per heavy atom. The maximum Gasteiger partial charge on any atom is 0.157 e. The molecule has 1 fully saturated rings. The summed E-state index contributed by atoms with van der Waals surface area (Å²) in [5.41, 5.74) is 0.331. The number of thioether (sulfide) groups is 1. The molecule has 4 heteroatoms. The molecule has 0 aliphatic carbocycles. The molecule has 0 saturated carbocycles. The standard InChI is InChI=1S/C12H22N2OS/c1-4-11(2,3)13-10-14-12(9-16-10)5-7-15-8-6-12/h4-9H2,1-3H3,(H,13,14). The van der Waals surface area contributed by atoms with Crippen LogP contribution in [0.15, 0.2) is 4.99 Å². The van der Waals surface area contributed by atoms with Crippen molar-refractivity contribution >= 4 is 16.9 Å². The van der Waals surface area contributed by atoms with E-state index in [1.807, 2.05) is 11.8 Å². The van der Waals surface area contributed by atoms with Gasteiger partial charge in [0.1, 0.15) is 0 Å². The molecule has 1 N–H and O–H groups in total. The summed E-state index contributed by atoms with van der Waals surface area (Å²) in [6.07, 6.45) is 3.28. The molecule has 0 radical (unpaired) electrons. The van der Waals surface area contributed by atoms with Crippen molar-refractivity contribution in [1.82, 2.24) is 5.32 Å². The Hall–Kier alpha value is -0.220. The third kappa shape index (κ3) is 2.72. The second-order valence-corrected chi connectivity index (χ2v) is 6.37. The highest BCUT2D eigenvalue weighted by Crippen LogP contribution is 2.35. The number of hydrogen-bond acceptors (Lipinski definition) is 4. The first-order valence-electron chi connectivity index (χ1n) is 6.14. The van der Waals surface area contributed by atoms with Crippen molar-refractivity contribution in [2.24, 2.45) is 4.99 Å². The Balaban J connectivity index is 2.00. The fourth-order valence-electron chi connectivity index (χ4n) is 1.93. The van der Waals surface area contributed by atoms with Gasteiger partial charge in [-0.25, -0.2) is 0 Å². The van der Waals surface area contributed by atoms with Crippen LogP contribution in [0.1, 0.15) is 40.0 Å². The van der Waals surface area contributed by atoms with Gasteiger partial charge in [-0.05, 0) is 33.1 Å². The van der Waals surface area contributed by atoms with E-state index in [0.29, 0.717) is 0 Å². The van der Waals surface area contributed by atoms with Crippen molar-refractivity contribution in [1.29, 1.82) is 0 Å². The zero-order valence-electron chi connectivity index (χ0n) is 10.5. The third-order valence-corrected chi connectivity index (χ3v) is 4.72. The van der Waals surface area contributed by atoms with Crippen LogP contribution in [0.25, 0.3) is 0 Å². The van der Waals surface area contributed by atoms with Gasteiger partial charge in [0, 0.05) is 24.5 Å². The first kappa shape index (κ1) is 12.2. The highest BCUT2D eigenvalue weighted by Gasteiger charge is 2.38. The van der Waals surface area contributed by atoms with Crippen LogP contribution < -0.4 is 5.32 Å². The molecule has 2 aliphatic heterocycles. The van der Waals surface area contributed by atoms with Gasteiger partial charge < -0.3 is 10.1 Å². The second kappa shape index (κ2) is 4.57. The van der Waals surface area contributed by atoms with E-state index >= 15 is 0 Å². The first-order valence-corrected chi connectivity index (χ1v) is 7.12. The van der Waals surface area contributed by atoms with Crippen molar-refractivity contribution in [3.63, 3.8) is 0 Å². The van der Waals surface area contributed by atoms with E-state index in [1.54, 1.807) is 0 Å². The lowest BCUT2D eigenvalue weighted by Crippen LogP contribution is -2.41. The van der Waals surface area contributed by atoms with Crippen molar-refractivity contribution < 1.29 is 4.74 Å². The molecule has 0 bridgehead atoms. The summed E-state index contributed by atoms with van der Waals surface area (Å²) in [7, 11) is 0. The van der Waals surface area contributed by atoms with E-state index in [2.05, 4.69) is 26.1 Å². The fourth-order valence-corrected chi connectivity index (χ4v) is 3.30. The first-order chi connectivity index (χ1) is 7.55. The number of nitrogens with zero attached hydrogens (tertiary/aromatic N) is 1. The van der Waals surface area contributed by atoms with Gasteiger partial charge in [0.2, 0.25) is 0 Å². The van der Waals surface area contributed by atoms with Crippen molar-refractivity contribution in [2.75, 3.05) is 19.0 Å². The van der Waals surface area contributed by atoms with E-state index in [-0.39, 0.29) is 11.1 Å². The highest BCUT2D eigenvalue weighted by atomic mass is 32.2. The van der Waals surface area contributed by atoms with E-state index in [0.717, 1.165) is 43.4 Å². The molecule has 92 valence electrons. The zero-order chi connectivity index (χ0) is 11.6. The predicted molar refractivity (Wildman–Crippen MR) is 70.2 cm³/mol. The number of ether oxygens (including phenoxy) is 1. The quantitative estimate of drug-likeness (QED) is 0.807. The molecule has 16 heavy (non-hydrogen) atoms. The minimum absolute atomic E-state index is 0.155. The lowest BCUT2D eigenvalue weighted by Gasteiger charge is -2.29. The van der Waals surface area contributed by atoms with Gasteiger partial charge in [0.15, 0.2) is 5.17 Å². The molecule has 0 aromatic carbocycles. The van der Waals surface area contributed by atoms with Gasteiger partial charge >= 0.3 is 0 Å². The largest absolute Gasteiger partial charge is 0.381 e. The lowest BCUT2D eigenvalue weighted by molar-refractivity contribution is 0.0623. The number of rotatable bonds is 2. The maximum atomic E-state index is 5.41. The Morgan fingerprint density at radius 1 is 1.44 bits per heavy atom. The van der Waals surface area contributed by atoms with Crippen LogP contribution in [0.2, 0.25) is 0 Å². The third-order valence-electron chi connectivity index (χ3n) is 3.57. The fraction of sp³-hybridized carbons (Fsp3) is 0.917. The van der Waals surface area contributed by atoms with Gasteiger partial charge in [-0.15, -0.1) is 0 Å². The molecule has 0 unspecified atom stereocenters. The van der Waals surface area contributed by atoms with Crippen molar-refractivity contribution in [2.45, 2.75) is 51.1 Å². The molecule has 2 heterocycles. The number of amidine groups is 1. The molecule has 1 saturated heterocycles. The highest BCUT2D eigenvalue weighted by molar-refractivity contribution is 8.14. The average molecular weight is 242 g/mol. The summed E-state index contributed by atoms with van der Waals surface area (Å²) < 4.78 is 5.41. The molecule has 2 aliphatic rings. The number of aliphatic imine (C=N–C) groups is 1. The molecule has 0 aromatic rings. The van der Waals surface area contributed by atoms with Crippen LogP contribution >= 0.6 is 11.8 Å². The van der Waals surface area contributed by atoms with E-state index in [1.165, 1.54) is 0 Å². The van der Waals surface area contributed by atoms with E-state index in [4.69, 9.17) is 9.73 Å². The van der Waals surface area contributed by atoms with Gasteiger partial charge in [-0.3, -0.25) is 4.99 Å². The lowest BCUT2D eigenvalue weighted by atomic mass is 9.93. The van der Waals surface area contributed by atoms with Gasteiger partial charge in [0.05, 0.1) is 5.54 Å². The molecular weight excluding hydrogens is 220 g/mol. The smallest absolute Gasteiger partial charge is 0.157 e. The van der Waals surface area contributed by atoms with Crippen LogP contribution in [0.3, 0.4) is 0 Å². The maximum absolute atomic E-state index is 5.41. The topological polar surface area (TPSA) is 33.6 Å². The molecular formula is C12H22N2OS. The van der Waals surface area contributed by atoms with Gasteiger partial charge in [-0.2, -0.15) is 0 Å². The zero-order valence-corrected chi connectivity index (χ0v) is 11.3. The Kier molecular flexibility index (Phi) is 3.50. The minimum Gasteiger partial charge on any atom is -0.381 e. The Labute approximate surface area is 102 Å². The van der Waals surface area contributed by atoms with Crippen LogP contribution in [0.4, 0.5) is 0 Å². The van der Waals surface area contributed by atoms with Crippen molar-refractivity contribution in [3.8, 4) is 0 Å². The molecule has 2 rings (SSSR count). The second-order valence-electron chi connectivity index (χ2n) is 5.40. The molecule has 0 aromatic heterocycles. The summed E-state index contributed by atoms with van der Waals surface area (Å²) in [6, 6.07) is 0. The number of nitrogens with one attached hydrogen (secondary N) is 1. The van der Waals surface area contributed by atoms with E-state index < -0.39 is 0 Å². The van der Waals surface area contributed by atoms with Gasteiger partial charge in [0.25, 0.3) is 0 Å². The summed E-state index contributed by atoms with van der Waals surface area (Å²) in [4.78, 5) is 4.90. The van der Waals surface area contributed by atoms with Crippen LogP contribution in [0, 0.1) is 0 Å². The average Bonchev–Trinajstić information content (AvgIpc) is 2.62. The van der Waals surface area contributed by atoms with Crippen LogP contribution in [-0.2, 0) is 4.74 Å². The summed E-state index contributed by atoms with van der Waals surface area (Å²) in [6.45, 7) is 8.40. The summed E-state index contributed by atoms with van der Waals surface area (Å²) in [5, 5.41) is 4.68. The normalized spacial score (nSPS) is 24.6. The molecule has 1 spiro atoms. The SMILES string of the molecule is CCC(C)(C)NC1=NC2(CCOCC2)CS1. The Morgan fingerprint density at radius 3 is 2.75 bits per heavy atom. The monoisotopic (exact) mass is 242 g/mol. The van der Waals surface area contributed by atoms with Crippen LogP contribution in [0.5, 0.6) is 0 Å². The molecule has 3 nitrogen and oxygen atoms in total. The molecule has 0 amide bonds.